The molecule has 4 aromatic rings. The third-order valence-corrected chi connectivity index (χ3v) is 7.84. The van der Waals surface area contributed by atoms with Crippen molar-refractivity contribution in [3.63, 3.8) is 0 Å². The predicted molar refractivity (Wildman–Crippen MR) is 184 cm³/mol. The number of halogens is 4. The zero-order valence-electron chi connectivity index (χ0n) is 28.8. The van der Waals surface area contributed by atoms with Crippen molar-refractivity contribution in [2.45, 2.75) is 25.1 Å². The molecule has 1 atom stereocenters. The van der Waals surface area contributed by atoms with E-state index in [-0.39, 0.29) is 11.6 Å². The summed E-state index contributed by atoms with van der Waals surface area (Å²) in [7, 11) is 0. The number of amides is 2. The Morgan fingerprint density at radius 3 is 2.29 bits per heavy atom. The van der Waals surface area contributed by atoms with Gasteiger partial charge in [0.05, 0.1) is 43.0 Å². The lowest BCUT2D eigenvalue weighted by Gasteiger charge is -2.26. The highest BCUT2D eigenvalue weighted by atomic mass is 19.4. The fourth-order valence-electron chi connectivity index (χ4n) is 5.21. The highest BCUT2D eigenvalue weighted by Gasteiger charge is 2.31. The van der Waals surface area contributed by atoms with Gasteiger partial charge in [-0.2, -0.15) is 13.2 Å². The molecule has 294 valence electrons. The number of urea groups is 1. The second-order valence-corrected chi connectivity index (χ2v) is 11.8. The molecule has 2 aliphatic rings. The number of hydrogen-bond donors (Lipinski definition) is 5. The van der Waals surface area contributed by atoms with Crippen molar-refractivity contribution in [2.75, 3.05) is 63.3 Å². The number of aliphatic hydroxyl groups excluding tert-OH is 1. The molecule has 2 aliphatic heterocycles. The Labute approximate surface area is 309 Å². The van der Waals surface area contributed by atoms with Crippen LogP contribution < -0.4 is 29.6 Å². The molecular weight excluding hydrogens is 742 g/mol. The Morgan fingerprint density at radius 1 is 0.927 bits per heavy atom. The van der Waals surface area contributed by atoms with Gasteiger partial charge in [0.25, 0.3) is 0 Å². The van der Waals surface area contributed by atoms with Gasteiger partial charge >= 0.3 is 24.1 Å². The summed E-state index contributed by atoms with van der Waals surface area (Å²) >= 11 is 0. The van der Waals surface area contributed by atoms with Crippen molar-refractivity contribution >= 4 is 40.2 Å². The maximum atomic E-state index is 14.0. The lowest BCUT2D eigenvalue weighted by molar-refractivity contribution is -0.152. The van der Waals surface area contributed by atoms with Gasteiger partial charge in [-0.1, -0.05) is 0 Å². The second kappa shape index (κ2) is 18.4. The molecule has 1 fully saturated rings. The number of aliphatic carboxylic acids is 2. The first-order valence-corrected chi connectivity index (χ1v) is 16.6. The number of aliphatic hydroxyl groups is 1. The van der Waals surface area contributed by atoms with Crippen molar-refractivity contribution in [1.29, 1.82) is 0 Å². The number of alkyl halides is 3. The van der Waals surface area contributed by atoms with E-state index < -0.39 is 53.7 Å². The van der Waals surface area contributed by atoms with Crippen molar-refractivity contribution < 1.29 is 70.9 Å². The Kier molecular flexibility index (Phi) is 13.4. The van der Waals surface area contributed by atoms with Gasteiger partial charge in [-0.25, -0.2) is 23.9 Å². The molecule has 3 aromatic carbocycles. The third kappa shape index (κ3) is 11.3. The standard InChI is InChI=1S/C31H29F4N5O6.C4H6O5/c32-22-7-2-19(31(33,34)35)16-23(22)39-30(41)38-20-3-5-21(6-4-20)46-29-26-24(36-18-37-29)17-25(27-28(26)45-15-14-44-27)43-11-1-8-40-9-12-42-13-10-40;5-2(4(8)9)1-3(6)7/h2-7,16-18H,1,8-15H2,(H2,38,39,41);2,5H,1H2,(H,6,7)(H,8,9). The zero-order chi connectivity index (χ0) is 39.5. The number of ether oxygens (including phenoxy) is 5. The number of carbonyl (C=O) groups is 3. The lowest BCUT2D eigenvalue weighted by atomic mass is 10.1. The molecule has 1 saturated heterocycles. The summed E-state index contributed by atoms with van der Waals surface area (Å²) in [6, 6.07) is 8.66. The number of carboxylic acid groups (broad SMARTS) is 2. The van der Waals surface area contributed by atoms with Crippen LogP contribution in [0.25, 0.3) is 10.9 Å². The molecule has 55 heavy (non-hydrogen) atoms. The number of fused-ring (bicyclic) bond motifs is 3. The third-order valence-electron chi connectivity index (χ3n) is 7.84. The maximum absolute atomic E-state index is 14.0. The largest absolute Gasteiger partial charge is 0.489 e. The van der Waals surface area contributed by atoms with E-state index in [1.54, 1.807) is 18.2 Å². The molecule has 5 N–H and O–H groups in total. The molecule has 6 rings (SSSR count). The van der Waals surface area contributed by atoms with Gasteiger partial charge in [0.15, 0.2) is 17.6 Å². The Hall–Kier alpha value is -5.99. The summed E-state index contributed by atoms with van der Waals surface area (Å²) in [6.07, 6.45) is -5.07. The van der Waals surface area contributed by atoms with Gasteiger partial charge in [0.1, 0.15) is 36.5 Å². The summed E-state index contributed by atoms with van der Waals surface area (Å²) in [5.41, 5.74) is -0.910. The maximum Gasteiger partial charge on any atom is 0.416 e. The van der Waals surface area contributed by atoms with Gasteiger partial charge in [-0.15, -0.1) is 0 Å². The number of morpholine rings is 1. The second-order valence-electron chi connectivity index (χ2n) is 11.8. The van der Waals surface area contributed by atoms with Crippen LogP contribution in [0.2, 0.25) is 0 Å². The number of rotatable bonds is 12. The van der Waals surface area contributed by atoms with E-state index >= 15 is 0 Å². The monoisotopic (exact) mass is 777 g/mol. The lowest BCUT2D eigenvalue weighted by Crippen LogP contribution is -2.37. The molecule has 0 saturated carbocycles. The normalized spacial score (nSPS) is 14.6. The fraction of sp³-hybridized carbons (Fsp3) is 0.343. The summed E-state index contributed by atoms with van der Waals surface area (Å²) in [6.45, 7) is 5.30. The van der Waals surface area contributed by atoms with Crippen LogP contribution in [0.3, 0.4) is 0 Å². The predicted octanol–water partition coefficient (Wildman–Crippen LogP) is 5.00. The van der Waals surface area contributed by atoms with Crippen LogP contribution in [0, 0.1) is 5.82 Å². The molecule has 16 nitrogen and oxygen atoms in total. The summed E-state index contributed by atoms with van der Waals surface area (Å²) < 4.78 is 82.4. The topological polar surface area (TPSA) is 211 Å². The molecule has 0 spiro atoms. The highest BCUT2D eigenvalue weighted by molar-refractivity contribution is 6.00. The van der Waals surface area contributed by atoms with Crippen molar-refractivity contribution in [3.8, 4) is 28.9 Å². The fourth-order valence-corrected chi connectivity index (χ4v) is 5.21. The minimum Gasteiger partial charge on any atom is -0.489 e. The Balaban J connectivity index is 0.000000574. The first-order valence-electron chi connectivity index (χ1n) is 16.6. The number of aromatic nitrogens is 2. The zero-order valence-corrected chi connectivity index (χ0v) is 28.8. The van der Waals surface area contributed by atoms with Crippen molar-refractivity contribution in [1.82, 2.24) is 14.9 Å². The van der Waals surface area contributed by atoms with E-state index in [0.717, 1.165) is 39.3 Å². The van der Waals surface area contributed by atoms with Crippen LogP contribution in [0.1, 0.15) is 18.4 Å². The average Bonchev–Trinajstić information content (AvgIpc) is 3.15. The van der Waals surface area contributed by atoms with Gasteiger partial charge in [-0.05, 0) is 48.9 Å². The molecular formula is C35H35F4N5O11. The van der Waals surface area contributed by atoms with Crippen LogP contribution in [-0.4, -0.2) is 107 Å². The Bertz CT molecular complexity index is 1980. The van der Waals surface area contributed by atoms with Gasteiger partial charge in [-0.3, -0.25) is 9.69 Å². The molecule has 0 bridgehead atoms. The number of benzene rings is 3. The average molecular weight is 778 g/mol. The number of nitrogens with one attached hydrogen (secondary N) is 2. The number of hydrogen-bond acceptors (Lipinski definition) is 12. The van der Waals surface area contributed by atoms with E-state index in [9.17, 15) is 31.9 Å². The van der Waals surface area contributed by atoms with Crippen LogP contribution in [-0.2, 0) is 20.5 Å². The first-order chi connectivity index (χ1) is 26.3. The van der Waals surface area contributed by atoms with E-state index in [1.165, 1.54) is 18.5 Å². The van der Waals surface area contributed by atoms with Crippen LogP contribution in [0.15, 0.2) is 54.9 Å². The summed E-state index contributed by atoms with van der Waals surface area (Å²) in [4.78, 5) is 42.8. The first kappa shape index (κ1) is 40.2. The van der Waals surface area contributed by atoms with Crippen LogP contribution >= 0.6 is 0 Å². The summed E-state index contributed by atoms with van der Waals surface area (Å²) in [5, 5.41) is 29.2. The van der Waals surface area contributed by atoms with E-state index in [1.807, 2.05) is 0 Å². The molecule has 0 aliphatic carbocycles. The number of anilines is 2. The Morgan fingerprint density at radius 2 is 1.64 bits per heavy atom. The van der Waals surface area contributed by atoms with Crippen LogP contribution in [0.5, 0.6) is 28.9 Å². The van der Waals surface area contributed by atoms with Gasteiger partial charge in [0, 0.05) is 31.4 Å². The number of nitrogens with zero attached hydrogens (tertiary/aromatic N) is 3. The van der Waals surface area contributed by atoms with E-state index in [0.29, 0.717) is 71.9 Å². The highest BCUT2D eigenvalue weighted by Crippen LogP contribution is 2.48. The number of carboxylic acids is 2. The quantitative estimate of drug-likeness (QED) is 0.0947. The smallest absolute Gasteiger partial charge is 0.416 e. The van der Waals surface area contributed by atoms with E-state index in [2.05, 4.69) is 25.5 Å². The molecule has 3 heterocycles. The molecule has 1 aromatic heterocycles. The summed E-state index contributed by atoms with van der Waals surface area (Å²) in [5.74, 6) is -1.96. The SMILES string of the molecule is O=C(Nc1ccc(Oc2ncnc3cc(OCCCN4CCOCC4)c4c(c23)OCCO4)cc1)Nc1cc(C(F)(F)F)ccc1F.O=C(O)CC(O)C(=O)O. The molecule has 2 amide bonds. The van der Waals surface area contributed by atoms with Gasteiger partial charge in [0.2, 0.25) is 11.6 Å². The van der Waals surface area contributed by atoms with Crippen molar-refractivity contribution in [2.24, 2.45) is 0 Å². The minimum atomic E-state index is -4.69. The van der Waals surface area contributed by atoms with E-state index in [4.69, 9.17) is 39.0 Å². The molecule has 20 heteroatoms. The molecule has 1 unspecified atom stereocenters. The van der Waals surface area contributed by atoms with Gasteiger partial charge < -0.3 is 49.6 Å². The van der Waals surface area contributed by atoms with Crippen molar-refractivity contribution in [3.05, 3.63) is 66.2 Å². The molecule has 0 radical (unpaired) electrons. The van der Waals surface area contributed by atoms with Crippen LogP contribution in [0.4, 0.5) is 33.7 Å². The minimum absolute atomic E-state index is 0.198. The number of carbonyl (C=O) groups excluding carboxylic acids is 1.